The van der Waals surface area contributed by atoms with Gasteiger partial charge in [-0.05, 0) is 73.4 Å². The van der Waals surface area contributed by atoms with Gasteiger partial charge in [-0.1, -0.05) is 55.2 Å². The van der Waals surface area contributed by atoms with Crippen LogP contribution in [0.25, 0.3) is 10.2 Å². The Balaban J connectivity index is 1.47. The molecule has 0 aliphatic heterocycles. The summed E-state index contributed by atoms with van der Waals surface area (Å²) >= 11 is 7.73. The van der Waals surface area contributed by atoms with E-state index in [-0.39, 0.29) is 23.4 Å². The molecule has 0 N–H and O–H groups in total. The summed E-state index contributed by atoms with van der Waals surface area (Å²) in [6, 6.07) is 13.8. The van der Waals surface area contributed by atoms with E-state index in [1.807, 2.05) is 38.1 Å². The fourth-order valence-electron chi connectivity index (χ4n) is 5.16. The molecular formula is C29H31ClN4O3S2. The molecule has 0 radical (unpaired) electrons. The molecule has 0 saturated heterocycles. The maximum atomic E-state index is 13.9. The maximum absolute atomic E-state index is 13.9. The standard InChI is InChI=1S/C29H31ClN4O3S2/c1-3-34(23-9-5-4-6-10-23)39(36,37)24-13-11-22(12-14-24)28(35)33(19-21-8-7-17-31-18-21)29-32-27-20(2)25(30)15-16-26(27)38-29/h7-8,11-18,23H,3-6,9-10,19H2,1-2H3. The molecule has 1 fully saturated rings. The summed E-state index contributed by atoms with van der Waals surface area (Å²) in [6.45, 7) is 4.49. The van der Waals surface area contributed by atoms with E-state index < -0.39 is 10.0 Å². The van der Waals surface area contributed by atoms with Crippen LogP contribution < -0.4 is 4.90 Å². The molecule has 2 aromatic carbocycles. The molecule has 0 spiro atoms. The summed E-state index contributed by atoms with van der Waals surface area (Å²) in [4.78, 5) is 24.6. The number of anilines is 1. The molecule has 39 heavy (non-hydrogen) atoms. The van der Waals surface area contributed by atoms with Crippen LogP contribution in [0.15, 0.2) is 65.8 Å². The molecular weight excluding hydrogens is 552 g/mol. The normalized spacial score (nSPS) is 14.7. The Morgan fingerprint density at radius 3 is 2.49 bits per heavy atom. The molecule has 204 valence electrons. The van der Waals surface area contributed by atoms with Crippen LogP contribution in [0.3, 0.4) is 0 Å². The minimum atomic E-state index is -3.66. The van der Waals surface area contributed by atoms with Crippen LogP contribution in [-0.4, -0.2) is 41.2 Å². The van der Waals surface area contributed by atoms with Gasteiger partial charge in [0.25, 0.3) is 5.91 Å². The largest absolute Gasteiger partial charge is 0.279 e. The Hall–Kier alpha value is -2.85. The Morgan fingerprint density at radius 1 is 1.08 bits per heavy atom. The first-order valence-electron chi connectivity index (χ1n) is 13.2. The molecule has 1 amide bonds. The molecule has 1 aliphatic rings. The van der Waals surface area contributed by atoms with Crippen molar-refractivity contribution in [3.63, 3.8) is 0 Å². The zero-order chi connectivity index (χ0) is 27.6. The fourth-order valence-corrected chi connectivity index (χ4v) is 8.03. The van der Waals surface area contributed by atoms with E-state index in [0.717, 1.165) is 53.4 Å². The van der Waals surface area contributed by atoms with E-state index in [1.165, 1.54) is 11.3 Å². The van der Waals surface area contributed by atoms with Crippen molar-refractivity contribution in [3.05, 3.63) is 82.6 Å². The highest BCUT2D eigenvalue weighted by molar-refractivity contribution is 7.89. The van der Waals surface area contributed by atoms with Crippen molar-refractivity contribution >= 4 is 54.2 Å². The second kappa shape index (κ2) is 11.7. The average Bonchev–Trinajstić information content (AvgIpc) is 3.40. The third-order valence-corrected chi connectivity index (χ3v) is 10.8. The number of hydrogen-bond donors (Lipinski definition) is 0. The Labute approximate surface area is 238 Å². The summed E-state index contributed by atoms with van der Waals surface area (Å²) < 4.78 is 29.6. The second-order valence-corrected chi connectivity index (χ2v) is 13.1. The van der Waals surface area contributed by atoms with E-state index in [1.54, 1.807) is 45.9 Å². The van der Waals surface area contributed by atoms with Crippen LogP contribution in [0.4, 0.5) is 5.13 Å². The SMILES string of the molecule is CCN(C1CCCCC1)S(=O)(=O)c1ccc(C(=O)N(Cc2cccnc2)c2nc3c(C)c(Cl)ccc3s2)cc1. The molecule has 0 atom stereocenters. The van der Waals surface area contributed by atoms with E-state index in [4.69, 9.17) is 16.6 Å². The lowest BCUT2D eigenvalue weighted by molar-refractivity contribution is 0.0985. The number of rotatable bonds is 8. The highest BCUT2D eigenvalue weighted by Crippen LogP contribution is 2.35. The number of carbonyl (C=O) groups excluding carboxylic acids is 1. The van der Waals surface area contributed by atoms with Crippen molar-refractivity contribution in [2.24, 2.45) is 0 Å². The van der Waals surface area contributed by atoms with E-state index in [2.05, 4.69) is 4.98 Å². The number of hydrogen-bond acceptors (Lipinski definition) is 6. The number of fused-ring (bicyclic) bond motifs is 1. The van der Waals surface area contributed by atoms with Gasteiger partial charge in [-0.25, -0.2) is 13.4 Å². The van der Waals surface area contributed by atoms with Gasteiger partial charge in [0, 0.05) is 35.6 Å². The third kappa shape index (κ3) is 5.72. The van der Waals surface area contributed by atoms with Crippen LogP contribution >= 0.6 is 22.9 Å². The predicted octanol–water partition coefficient (Wildman–Crippen LogP) is 6.84. The third-order valence-electron chi connectivity index (χ3n) is 7.28. The van der Waals surface area contributed by atoms with Gasteiger partial charge in [0.2, 0.25) is 10.0 Å². The average molecular weight is 583 g/mol. The molecule has 0 bridgehead atoms. The lowest BCUT2D eigenvalue weighted by Gasteiger charge is -2.32. The molecule has 5 rings (SSSR count). The van der Waals surface area contributed by atoms with Crippen molar-refractivity contribution in [3.8, 4) is 0 Å². The number of sulfonamides is 1. The number of benzene rings is 2. The molecule has 2 heterocycles. The van der Waals surface area contributed by atoms with Gasteiger partial charge in [0.1, 0.15) is 0 Å². The highest BCUT2D eigenvalue weighted by atomic mass is 35.5. The molecule has 4 aromatic rings. The van der Waals surface area contributed by atoms with Gasteiger partial charge in [0.15, 0.2) is 5.13 Å². The highest BCUT2D eigenvalue weighted by Gasteiger charge is 2.31. The second-order valence-electron chi connectivity index (χ2n) is 9.79. The number of aromatic nitrogens is 2. The first-order chi connectivity index (χ1) is 18.8. The summed E-state index contributed by atoms with van der Waals surface area (Å²) in [5, 5.41) is 1.16. The van der Waals surface area contributed by atoms with Gasteiger partial charge >= 0.3 is 0 Å². The molecule has 0 unspecified atom stereocenters. The van der Waals surface area contributed by atoms with Crippen molar-refractivity contribution in [2.45, 2.75) is 63.4 Å². The number of halogens is 1. The molecule has 10 heteroatoms. The zero-order valence-electron chi connectivity index (χ0n) is 22.0. The molecule has 7 nitrogen and oxygen atoms in total. The summed E-state index contributed by atoms with van der Waals surface area (Å²) in [6.07, 6.45) is 8.44. The van der Waals surface area contributed by atoms with E-state index >= 15 is 0 Å². The number of carbonyl (C=O) groups is 1. The predicted molar refractivity (Wildman–Crippen MR) is 157 cm³/mol. The Bertz CT molecular complexity index is 1570. The van der Waals surface area contributed by atoms with Gasteiger partial charge in [0.05, 0.1) is 21.7 Å². The number of pyridine rings is 1. The minimum Gasteiger partial charge on any atom is -0.279 e. The summed E-state index contributed by atoms with van der Waals surface area (Å²) in [7, 11) is -3.66. The van der Waals surface area contributed by atoms with Crippen molar-refractivity contribution in [2.75, 3.05) is 11.4 Å². The smallest absolute Gasteiger partial charge is 0.260 e. The molecule has 2 aromatic heterocycles. The van der Waals surface area contributed by atoms with Gasteiger partial charge < -0.3 is 0 Å². The lowest BCUT2D eigenvalue weighted by Crippen LogP contribution is -2.41. The van der Waals surface area contributed by atoms with Crippen LogP contribution in [0.2, 0.25) is 5.02 Å². The first kappa shape index (κ1) is 27.7. The van der Waals surface area contributed by atoms with Crippen LogP contribution in [0, 0.1) is 6.92 Å². The van der Waals surface area contributed by atoms with Crippen molar-refractivity contribution in [1.29, 1.82) is 0 Å². The molecule has 1 aliphatic carbocycles. The number of nitrogens with zero attached hydrogens (tertiary/aromatic N) is 4. The minimum absolute atomic E-state index is 0.0287. The van der Waals surface area contributed by atoms with Crippen LogP contribution in [0.5, 0.6) is 0 Å². The number of thiazole rings is 1. The maximum Gasteiger partial charge on any atom is 0.260 e. The van der Waals surface area contributed by atoms with Crippen molar-refractivity contribution in [1.82, 2.24) is 14.3 Å². The Kier molecular flexibility index (Phi) is 8.32. The van der Waals surface area contributed by atoms with E-state index in [9.17, 15) is 13.2 Å². The fraction of sp³-hybridized carbons (Fsp3) is 0.345. The van der Waals surface area contributed by atoms with Crippen LogP contribution in [-0.2, 0) is 16.6 Å². The van der Waals surface area contributed by atoms with Crippen LogP contribution in [0.1, 0.15) is 60.5 Å². The summed E-state index contributed by atoms with van der Waals surface area (Å²) in [5.41, 5.74) is 2.85. The number of amides is 1. The first-order valence-corrected chi connectivity index (χ1v) is 15.8. The number of aryl methyl sites for hydroxylation is 1. The van der Waals surface area contributed by atoms with Gasteiger partial charge in [-0.3, -0.25) is 14.7 Å². The molecule has 1 saturated carbocycles. The lowest BCUT2D eigenvalue weighted by atomic mass is 9.95. The summed E-state index contributed by atoms with van der Waals surface area (Å²) in [5.74, 6) is -0.273. The quantitative estimate of drug-likeness (QED) is 0.227. The van der Waals surface area contributed by atoms with Gasteiger partial charge in [-0.15, -0.1) is 0 Å². The zero-order valence-corrected chi connectivity index (χ0v) is 24.4. The monoisotopic (exact) mass is 582 g/mol. The van der Waals surface area contributed by atoms with Crippen molar-refractivity contribution < 1.29 is 13.2 Å². The Morgan fingerprint density at radius 2 is 1.82 bits per heavy atom. The topological polar surface area (TPSA) is 83.5 Å². The van der Waals surface area contributed by atoms with Gasteiger partial charge in [-0.2, -0.15) is 4.31 Å². The van der Waals surface area contributed by atoms with E-state index in [0.29, 0.717) is 22.3 Å².